The zero-order valence-corrected chi connectivity index (χ0v) is 8.47. The summed E-state index contributed by atoms with van der Waals surface area (Å²) >= 11 is 0. The lowest BCUT2D eigenvalue weighted by Gasteiger charge is -2.07. The molecule has 0 saturated heterocycles. The Labute approximate surface area is 92.0 Å². The molecule has 0 aliphatic carbocycles. The highest BCUT2D eigenvalue weighted by atomic mass is 16.5. The number of aliphatic carboxylic acids is 1. The van der Waals surface area contributed by atoms with E-state index in [9.17, 15) is 9.59 Å². The Kier molecular flexibility index (Phi) is 2.76. The Morgan fingerprint density at radius 1 is 1.44 bits per heavy atom. The Balaban J connectivity index is 2.07. The minimum absolute atomic E-state index is 0.269. The monoisotopic (exact) mass is 221 g/mol. The summed E-state index contributed by atoms with van der Waals surface area (Å²) in [6, 6.07) is 7.26. The first-order valence-electron chi connectivity index (χ1n) is 4.89. The first-order chi connectivity index (χ1) is 7.68. The van der Waals surface area contributed by atoms with Crippen molar-refractivity contribution in [2.24, 2.45) is 0 Å². The largest absolute Gasteiger partial charge is 0.492 e. The molecule has 0 fully saturated rings. The number of benzene rings is 1. The van der Waals surface area contributed by atoms with Gasteiger partial charge in [0.15, 0.2) is 0 Å². The normalized spacial score (nSPS) is 17.4. The molecule has 1 aromatic rings. The van der Waals surface area contributed by atoms with Gasteiger partial charge in [-0.15, -0.1) is 0 Å². The third-order valence-electron chi connectivity index (χ3n) is 2.43. The fraction of sp³-hybridized carbons (Fsp3) is 0.273. The van der Waals surface area contributed by atoms with Crippen molar-refractivity contribution in [3.05, 3.63) is 29.8 Å². The lowest BCUT2D eigenvalue weighted by molar-refractivity contribution is -0.138. The van der Waals surface area contributed by atoms with Crippen molar-refractivity contribution in [3.63, 3.8) is 0 Å². The fourth-order valence-corrected chi connectivity index (χ4v) is 1.67. The van der Waals surface area contributed by atoms with Gasteiger partial charge >= 0.3 is 5.97 Å². The van der Waals surface area contributed by atoms with E-state index in [4.69, 9.17) is 9.84 Å². The van der Waals surface area contributed by atoms with Crippen LogP contribution < -0.4 is 10.1 Å². The first-order valence-corrected chi connectivity index (χ1v) is 4.89. The number of carbonyl (C=O) groups excluding carboxylic acids is 1. The summed E-state index contributed by atoms with van der Waals surface area (Å²) in [6.45, 7) is -0.0949. The molecule has 84 valence electrons. The standard InChI is InChI=1S/C11H11NO4/c13-10(14)5-12-11(15)8-6-16-9-4-2-1-3-7(8)9/h1-4,8H,5-6H2,(H,12,15)(H,13,14). The van der Waals surface area contributed by atoms with Crippen molar-refractivity contribution >= 4 is 11.9 Å². The summed E-state index contributed by atoms with van der Waals surface area (Å²) in [5.74, 6) is -1.08. The molecule has 1 atom stereocenters. The second kappa shape index (κ2) is 4.22. The van der Waals surface area contributed by atoms with Crippen LogP contribution in [0.2, 0.25) is 0 Å². The molecular weight excluding hydrogens is 210 g/mol. The second-order valence-corrected chi connectivity index (χ2v) is 3.51. The molecular formula is C11H11NO4. The smallest absolute Gasteiger partial charge is 0.322 e. The number of para-hydroxylation sites is 1. The quantitative estimate of drug-likeness (QED) is 0.772. The van der Waals surface area contributed by atoms with Gasteiger partial charge in [0.2, 0.25) is 5.91 Å². The average molecular weight is 221 g/mol. The molecule has 1 heterocycles. The van der Waals surface area contributed by atoms with Crippen molar-refractivity contribution in [1.29, 1.82) is 0 Å². The van der Waals surface area contributed by atoms with Crippen LogP contribution >= 0.6 is 0 Å². The molecule has 1 unspecified atom stereocenters. The molecule has 2 N–H and O–H groups in total. The summed E-state index contributed by atoms with van der Waals surface area (Å²) in [4.78, 5) is 22.0. The van der Waals surface area contributed by atoms with Gasteiger partial charge in [-0.3, -0.25) is 9.59 Å². The molecule has 1 aromatic carbocycles. The van der Waals surface area contributed by atoms with Crippen LogP contribution in [0.25, 0.3) is 0 Å². The van der Waals surface area contributed by atoms with E-state index in [-0.39, 0.29) is 19.1 Å². The highest BCUT2D eigenvalue weighted by molar-refractivity contribution is 5.88. The van der Waals surface area contributed by atoms with E-state index < -0.39 is 11.9 Å². The lowest BCUT2D eigenvalue weighted by Crippen LogP contribution is -2.34. The van der Waals surface area contributed by atoms with Crippen molar-refractivity contribution in [3.8, 4) is 5.75 Å². The van der Waals surface area contributed by atoms with E-state index in [1.165, 1.54) is 0 Å². The van der Waals surface area contributed by atoms with Crippen LogP contribution in [-0.4, -0.2) is 30.1 Å². The Morgan fingerprint density at radius 3 is 2.94 bits per heavy atom. The van der Waals surface area contributed by atoms with Gasteiger partial charge in [-0.1, -0.05) is 18.2 Å². The molecule has 1 aliphatic rings. The topological polar surface area (TPSA) is 75.6 Å². The van der Waals surface area contributed by atoms with Crippen molar-refractivity contribution in [2.75, 3.05) is 13.2 Å². The highest BCUT2D eigenvalue weighted by Crippen LogP contribution is 2.33. The third kappa shape index (κ3) is 1.98. The zero-order valence-electron chi connectivity index (χ0n) is 8.47. The number of ether oxygens (including phenoxy) is 1. The van der Waals surface area contributed by atoms with E-state index in [0.717, 1.165) is 5.56 Å². The molecule has 2 rings (SSSR count). The molecule has 0 saturated carbocycles. The number of carboxylic acid groups (broad SMARTS) is 1. The average Bonchev–Trinajstić information content (AvgIpc) is 2.69. The first kappa shape index (κ1) is 10.5. The maximum atomic E-state index is 11.7. The summed E-state index contributed by atoms with van der Waals surface area (Å²) in [7, 11) is 0. The molecule has 0 radical (unpaired) electrons. The van der Waals surface area contributed by atoms with Gasteiger partial charge < -0.3 is 15.2 Å². The van der Waals surface area contributed by atoms with E-state index in [2.05, 4.69) is 5.32 Å². The van der Waals surface area contributed by atoms with E-state index in [1.807, 2.05) is 18.2 Å². The van der Waals surface area contributed by atoms with E-state index in [0.29, 0.717) is 5.75 Å². The molecule has 5 heteroatoms. The highest BCUT2D eigenvalue weighted by Gasteiger charge is 2.29. The van der Waals surface area contributed by atoms with Crippen molar-refractivity contribution in [2.45, 2.75) is 5.92 Å². The molecule has 1 amide bonds. The van der Waals surface area contributed by atoms with Crippen LogP contribution in [0.5, 0.6) is 5.75 Å². The minimum Gasteiger partial charge on any atom is -0.492 e. The van der Waals surface area contributed by atoms with Crippen LogP contribution in [0.15, 0.2) is 24.3 Å². The molecule has 16 heavy (non-hydrogen) atoms. The van der Waals surface area contributed by atoms with E-state index in [1.54, 1.807) is 6.07 Å². The number of amides is 1. The maximum absolute atomic E-state index is 11.7. The van der Waals surface area contributed by atoms with Crippen molar-refractivity contribution in [1.82, 2.24) is 5.32 Å². The van der Waals surface area contributed by atoms with Gasteiger partial charge in [-0.05, 0) is 6.07 Å². The zero-order chi connectivity index (χ0) is 11.5. The van der Waals surface area contributed by atoms with Gasteiger partial charge in [0.25, 0.3) is 0 Å². The fourth-order valence-electron chi connectivity index (χ4n) is 1.67. The van der Waals surface area contributed by atoms with Crippen LogP contribution in [0.3, 0.4) is 0 Å². The molecule has 0 bridgehead atoms. The van der Waals surface area contributed by atoms with Crippen LogP contribution in [0, 0.1) is 0 Å². The van der Waals surface area contributed by atoms with Gasteiger partial charge in [0.1, 0.15) is 24.8 Å². The van der Waals surface area contributed by atoms with Gasteiger partial charge in [-0.25, -0.2) is 0 Å². The number of hydrogen-bond donors (Lipinski definition) is 2. The summed E-state index contributed by atoms with van der Waals surface area (Å²) in [5, 5.41) is 10.8. The predicted octanol–water partition coefficient (Wildman–Crippen LogP) is 0.363. The van der Waals surface area contributed by atoms with E-state index >= 15 is 0 Å². The molecule has 0 spiro atoms. The Morgan fingerprint density at radius 2 is 2.19 bits per heavy atom. The lowest BCUT2D eigenvalue weighted by atomic mass is 10.0. The molecule has 1 aliphatic heterocycles. The molecule has 5 nitrogen and oxygen atoms in total. The number of rotatable bonds is 3. The SMILES string of the molecule is O=C(O)CNC(=O)C1COc2ccccc21. The second-order valence-electron chi connectivity index (χ2n) is 3.51. The number of carbonyl (C=O) groups is 2. The summed E-state index contributed by atoms with van der Waals surface area (Å²) in [6.07, 6.45) is 0. The third-order valence-corrected chi connectivity index (χ3v) is 2.43. The minimum atomic E-state index is -1.06. The number of carboxylic acids is 1. The Bertz CT molecular complexity index is 430. The maximum Gasteiger partial charge on any atom is 0.322 e. The van der Waals surface area contributed by atoms with Crippen LogP contribution in [-0.2, 0) is 9.59 Å². The summed E-state index contributed by atoms with van der Waals surface area (Å²) < 4.78 is 5.33. The van der Waals surface area contributed by atoms with Gasteiger partial charge in [0, 0.05) is 5.56 Å². The van der Waals surface area contributed by atoms with Gasteiger partial charge in [-0.2, -0.15) is 0 Å². The van der Waals surface area contributed by atoms with Gasteiger partial charge in [0.05, 0.1) is 0 Å². The van der Waals surface area contributed by atoms with Crippen LogP contribution in [0.4, 0.5) is 0 Å². The number of fused-ring (bicyclic) bond motifs is 1. The Hall–Kier alpha value is -2.04. The van der Waals surface area contributed by atoms with Crippen LogP contribution in [0.1, 0.15) is 11.5 Å². The summed E-state index contributed by atoms with van der Waals surface area (Å²) in [5.41, 5.74) is 0.811. The predicted molar refractivity (Wildman–Crippen MR) is 55.3 cm³/mol. The van der Waals surface area contributed by atoms with Crippen molar-refractivity contribution < 1.29 is 19.4 Å². The molecule has 0 aromatic heterocycles. The number of nitrogens with one attached hydrogen (secondary N) is 1. The number of hydrogen-bond acceptors (Lipinski definition) is 3.